The summed E-state index contributed by atoms with van der Waals surface area (Å²) in [5, 5.41) is 5.47. The van der Waals surface area contributed by atoms with E-state index in [1.54, 1.807) is 0 Å². The molecule has 3 heterocycles. The second-order valence-corrected chi connectivity index (χ2v) is 6.77. The van der Waals surface area contributed by atoms with Gasteiger partial charge in [-0.05, 0) is 43.3 Å². The highest BCUT2D eigenvalue weighted by Crippen LogP contribution is 2.24. The summed E-state index contributed by atoms with van der Waals surface area (Å²) in [6, 6.07) is 2.79. The summed E-state index contributed by atoms with van der Waals surface area (Å²) in [6.07, 6.45) is 3.33. The molecule has 0 saturated carbocycles. The zero-order chi connectivity index (χ0) is 13.9. The average molecular weight is 330 g/mol. The van der Waals surface area contributed by atoms with E-state index >= 15 is 0 Å². The molecule has 1 saturated heterocycles. The van der Waals surface area contributed by atoms with Crippen LogP contribution in [0.2, 0.25) is 0 Å². The molecule has 0 aromatic carbocycles. The highest BCUT2D eigenvalue weighted by atomic mass is 35.5. The van der Waals surface area contributed by atoms with Crippen molar-refractivity contribution in [1.82, 2.24) is 15.1 Å². The number of carbonyl (C=O) groups is 1. The standard InChI is InChI=1S/C15H23N3OS.ClH/c1-16-13-2-6-17(7-3-13)11-15(19)18-8-4-14-12(10-18)5-9-20-14;/h5,9,13,16H,2-4,6-8,10-11H2,1H3;1H. The molecule has 2 aliphatic rings. The monoisotopic (exact) mass is 329 g/mol. The normalized spacial score (nSPS) is 20.0. The number of nitrogens with one attached hydrogen (secondary N) is 1. The van der Waals surface area contributed by atoms with Crippen LogP contribution in [0.25, 0.3) is 0 Å². The molecule has 0 spiro atoms. The van der Waals surface area contributed by atoms with Gasteiger partial charge in [0.2, 0.25) is 5.91 Å². The summed E-state index contributed by atoms with van der Waals surface area (Å²) in [7, 11) is 2.03. The molecule has 1 aromatic rings. The van der Waals surface area contributed by atoms with Gasteiger partial charge in [-0.25, -0.2) is 0 Å². The maximum absolute atomic E-state index is 12.4. The van der Waals surface area contributed by atoms with Crippen LogP contribution in [0.3, 0.4) is 0 Å². The Bertz CT molecular complexity index is 471. The molecule has 6 heteroatoms. The number of hydrogen-bond donors (Lipinski definition) is 1. The summed E-state index contributed by atoms with van der Waals surface area (Å²) in [5.41, 5.74) is 1.35. The first-order valence-electron chi connectivity index (χ1n) is 7.49. The second-order valence-electron chi connectivity index (χ2n) is 5.77. The van der Waals surface area contributed by atoms with Gasteiger partial charge in [-0.15, -0.1) is 23.7 Å². The van der Waals surface area contributed by atoms with Crippen LogP contribution >= 0.6 is 23.7 Å². The van der Waals surface area contributed by atoms with Gasteiger partial charge in [0.1, 0.15) is 0 Å². The molecule has 1 N–H and O–H groups in total. The Hall–Kier alpha value is -0.620. The number of amides is 1. The van der Waals surface area contributed by atoms with Crippen LogP contribution in [0.15, 0.2) is 11.4 Å². The zero-order valence-corrected chi connectivity index (χ0v) is 14.1. The highest BCUT2D eigenvalue weighted by molar-refractivity contribution is 7.10. The number of halogens is 1. The fourth-order valence-corrected chi connectivity index (χ4v) is 4.02. The molecule has 4 nitrogen and oxygen atoms in total. The van der Waals surface area contributed by atoms with Crippen LogP contribution in [0.5, 0.6) is 0 Å². The quantitative estimate of drug-likeness (QED) is 0.917. The average Bonchev–Trinajstić information content (AvgIpc) is 2.95. The molecule has 3 rings (SSSR count). The van der Waals surface area contributed by atoms with Gasteiger partial charge >= 0.3 is 0 Å². The minimum absolute atomic E-state index is 0. The molecule has 0 radical (unpaired) electrons. The molecule has 0 aliphatic carbocycles. The molecule has 0 bridgehead atoms. The lowest BCUT2D eigenvalue weighted by atomic mass is 10.1. The Balaban J connectivity index is 0.00000161. The van der Waals surface area contributed by atoms with Crippen LogP contribution in [0.1, 0.15) is 23.3 Å². The first-order chi connectivity index (χ1) is 9.76. The molecule has 118 valence electrons. The summed E-state index contributed by atoms with van der Waals surface area (Å²) in [4.78, 5) is 18.2. The van der Waals surface area contributed by atoms with E-state index < -0.39 is 0 Å². The predicted molar refractivity (Wildman–Crippen MR) is 89.2 cm³/mol. The molecule has 1 aromatic heterocycles. The first-order valence-corrected chi connectivity index (χ1v) is 8.37. The number of nitrogens with zero attached hydrogens (tertiary/aromatic N) is 2. The van der Waals surface area contributed by atoms with Gasteiger partial charge in [0.15, 0.2) is 0 Å². The summed E-state index contributed by atoms with van der Waals surface area (Å²) in [5.74, 6) is 0.296. The summed E-state index contributed by atoms with van der Waals surface area (Å²) >= 11 is 1.82. The number of thiophene rings is 1. The van der Waals surface area contributed by atoms with E-state index in [0.29, 0.717) is 18.5 Å². The third-order valence-corrected chi connectivity index (χ3v) is 5.54. The third-order valence-electron chi connectivity index (χ3n) is 4.52. The van der Waals surface area contributed by atoms with E-state index in [1.807, 2.05) is 23.3 Å². The van der Waals surface area contributed by atoms with Crippen LogP contribution in [0, 0.1) is 0 Å². The minimum Gasteiger partial charge on any atom is -0.337 e. The van der Waals surface area contributed by atoms with E-state index in [9.17, 15) is 4.79 Å². The van der Waals surface area contributed by atoms with E-state index in [1.165, 1.54) is 10.4 Å². The van der Waals surface area contributed by atoms with E-state index in [2.05, 4.69) is 21.7 Å². The Kier molecular flexibility index (Phi) is 6.05. The van der Waals surface area contributed by atoms with Crippen molar-refractivity contribution in [3.63, 3.8) is 0 Å². The van der Waals surface area contributed by atoms with Crippen LogP contribution in [0.4, 0.5) is 0 Å². The minimum atomic E-state index is 0. The largest absolute Gasteiger partial charge is 0.337 e. The number of carbonyl (C=O) groups excluding carboxylic acids is 1. The van der Waals surface area contributed by atoms with E-state index in [4.69, 9.17) is 0 Å². The van der Waals surface area contributed by atoms with Crippen LogP contribution in [-0.4, -0.2) is 55.0 Å². The van der Waals surface area contributed by atoms with Crippen molar-refractivity contribution < 1.29 is 4.79 Å². The lowest BCUT2D eigenvalue weighted by Gasteiger charge is -2.34. The van der Waals surface area contributed by atoms with Crippen molar-refractivity contribution in [3.8, 4) is 0 Å². The lowest BCUT2D eigenvalue weighted by Crippen LogP contribution is -2.47. The molecule has 2 aliphatic heterocycles. The van der Waals surface area contributed by atoms with Crippen molar-refractivity contribution in [2.45, 2.75) is 31.8 Å². The summed E-state index contributed by atoms with van der Waals surface area (Å²) in [6.45, 7) is 4.36. The highest BCUT2D eigenvalue weighted by Gasteiger charge is 2.25. The number of piperidine rings is 1. The van der Waals surface area contributed by atoms with Crippen LogP contribution in [-0.2, 0) is 17.8 Å². The van der Waals surface area contributed by atoms with Gasteiger partial charge in [-0.3, -0.25) is 9.69 Å². The van der Waals surface area contributed by atoms with Gasteiger partial charge in [-0.1, -0.05) is 0 Å². The SMILES string of the molecule is CNC1CCN(CC(=O)N2CCc3sccc3C2)CC1.Cl. The second kappa shape index (κ2) is 7.58. The fourth-order valence-electron chi connectivity index (χ4n) is 3.13. The Labute approximate surface area is 136 Å². The molecule has 0 atom stereocenters. The summed E-state index contributed by atoms with van der Waals surface area (Å²) < 4.78 is 0. The Morgan fingerprint density at radius 2 is 2.14 bits per heavy atom. The maximum Gasteiger partial charge on any atom is 0.237 e. The maximum atomic E-state index is 12.4. The Morgan fingerprint density at radius 3 is 2.86 bits per heavy atom. The number of hydrogen-bond acceptors (Lipinski definition) is 4. The van der Waals surface area contributed by atoms with Crippen molar-refractivity contribution >= 4 is 29.7 Å². The van der Waals surface area contributed by atoms with Gasteiger partial charge in [0.25, 0.3) is 0 Å². The fraction of sp³-hybridized carbons (Fsp3) is 0.667. The van der Waals surface area contributed by atoms with Gasteiger partial charge in [0, 0.05) is 37.1 Å². The lowest BCUT2D eigenvalue weighted by molar-refractivity contribution is -0.133. The number of likely N-dealkylation sites (tertiary alicyclic amines) is 1. The molecule has 1 fully saturated rings. The molecular weight excluding hydrogens is 306 g/mol. The van der Waals surface area contributed by atoms with E-state index in [-0.39, 0.29) is 12.4 Å². The molecule has 21 heavy (non-hydrogen) atoms. The van der Waals surface area contributed by atoms with Crippen LogP contribution < -0.4 is 5.32 Å². The van der Waals surface area contributed by atoms with E-state index in [0.717, 1.165) is 45.4 Å². The predicted octanol–water partition coefficient (Wildman–Crippen LogP) is 1.74. The number of rotatable bonds is 3. The number of fused-ring (bicyclic) bond motifs is 1. The molecule has 0 unspecified atom stereocenters. The van der Waals surface area contributed by atoms with Crippen molar-refractivity contribution in [1.29, 1.82) is 0 Å². The first kappa shape index (κ1) is 16.7. The molecular formula is C15H24ClN3OS. The van der Waals surface area contributed by atoms with Gasteiger partial charge in [-0.2, -0.15) is 0 Å². The smallest absolute Gasteiger partial charge is 0.237 e. The van der Waals surface area contributed by atoms with Gasteiger partial charge < -0.3 is 10.2 Å². The van der Waals surface area contributed by atoms with Crippen molar-refractivity contribution in [3.05, 3.63) is 21.9 Å². The third kappa shape index (κ3) is 3.97. The van der Waals surface area contributed by atoms with Crippen molar-refractivity contribution in [2.24, 2.45) is 0 Å². The molecule has 1 amide bonds. The Morgan fingerprint density at radius 1 is 1.38 bits per heavy atom. The van der Waals surface area contributed by atoms with Crippen molar-refractivity contribution in [2.75, 3.05) is 33.2 Å². The van der Waals surface area contributed by atoms with Gasteiger partial charge in [0.05, 0.1) is 6.54 Å². The zero-order valence-electron chi connectivity index (χ0n) is 12.5. The topological polar surface area (TPSA) is 35.6 Å².